The van der Waals surface area contributed by atoms with Crippen molar-refractivity contribution < 1.29 is 23.9 Å². The number of carbonyl (C=O) groups excluding carboxylic acids is 2. The molecule has 1 fully saturated rings. The van der Waals surface area contributed by atoms with Crippen molar-refractivity contribution in [3.63, 3.8) is 0 Å². The lowest BCUT2D eigenvalue weighted by Crippen LogP contribution is -2.35. The molecule has 1 rings (SSSR count). The number of amides is 1. The molecule has 0 aromatic heterocycles. The van der Waals surface area contributed by atoms with Gasteiger partial charge in [0.2, 0.25) is 5.91 Å². The second-order valence-electron chi connectivity index (χ2n) is 4.07. The van der Waals surface area contributed by atoms with Crippen molar-refractivity contribution >= 4 is 11.9 Å². The first-order chi connectivity index (χ1) is 9.48. The van der Waals surface area contributed by atoms with Crippen LogP contribution in [0.1, 0.15) is 49.5 Å². The predicted octanol–water partition coefficient (Wildman–Crippen LogP) is 1.24. The molecule has 4 heteroatoms. The Labute approximate surface area is 100 Å². The summed E-state index contributed by atoms with van der Waals surface area (Å²) in [7, 11) is 0. The standard InChI is InChI=1S/C11H19NO3/c1-11(2,3)15-10(14)7-8-4-5-12-9(13)6-8/h8H,4-7H2,1-3H3,(H,12,13)/i4D2,5D2,6D2,8D. The minimum Gasteiger partial charge on any atom is -0.460 e. The molecule has 1 aliphatic rings. The van der Waals surface area contributed by atoms with Crippen molar-refractivity contribution in [2.75, 3.05) is 6.50 Å². The maximum absolute atomic E-state index is 11.9. The Morgan fingerprint density at radius 3 is 3.00 bits per heavy atom. The molecule has 1 aliphatic heterocycles. The van der Waals surface area contributed by atoms with Crippen LogP contribution in [0.4, 0.5) is 0 Å². The van der Waals surface area contributed by atoms with Crippen molar-refractivity contribution in [1.29, 1.82) is 0 Å². The Hall–Kier alpha value is -1.06. The fourth-order valence-corrected chi connectivity index (χ4v) is 0.973. The number of hydrogen-bond donors (Lipinski definition) is 1. The van der Waals surface area contributed by atoms with Gasteiger partial charge in [0.25, 0.3) is 0 Å². The molecular weight excluding hydrogens is 194 g/mol. The van der Waals surface area contributed by atoms with Gasteiger partial charge in [0.15, 0.2) is 0 Å². The van der Waals surface area contributed by atoms with Gasteiger partial charge in [-0.25, -0.2) is 0 Å². The van der Waals surface area contributed by atoms with E-state index >= 15 is 0 Å². The van der Waals surface area contributed by atoms with Crippen LogP contribution in [-0.2, 0) is 14.3 Å². The van der Waals surface area contributed by atoms with Gasteiger partial charge in [-0.05, 0) is 33.0 Å². The highest BCUT2D eigenvalue weighted by atomic mass is 16.6. The highest BCUT2D eigenvalue weighted by Gasteiger charge is 2.24. The molecule has 86 valence electrons. The van der Waals surface area contributed by atoms with E-state index in [1.165, 1.54) is 20.8 Å². The summed E-state index contributed by atoms with van der Waals surface area (Å²) < 4.78 is 59.1. The van der Waals surface area contributed by atoms with Gasteiger partial charge in [0.05, 0.1) is 0 Å². The third-order valence-electron chi connectivity index (χ3n) is 1.39. The summed E-state index contributed by atoms with van der Waals surface area (Å²) in [4.78, 5) is 23.6. The van der Waals surface area contributed by atoms with Crippen molar-refractivity contribution in [1.82, 2.24) is 5.32 Å². The second kappa shape index (κ2) is 4.64. The van der Waals surface area contributed by atoms with Gasteiger partial charge < -0.3 is 10.1 Å². The molecule has 0 aliphatic carbocycles. The molecule has 0 saturated carbocycles. The second-order valence-corrected chi connectivity index (χ2v) is 4.07. The zero-order valence-corrected chi connectivity index (χ0v) is 8.93. The van der Waals surface area contributed by atoms with E-state index in [1.54, 1.807) is 5.32 Å². The van der Waals surface area contributed by atoms with Crippen LogP contribution in [0.3, 0.4) is 0 Å². The minimum atomic E-state index is -3.16. The lowest BCUT2D eigenvalue weighted by molar-refractivity contribution is -0.156. The molecule has 0 bridgehead atoms. The molecule has 0 aromatic rings. The van der Waals surface area contributed by atoms with Gasteiger partial charge in [-0.15, -0.1) is 0 Å². The number of ether oxygens (including phenoxy) is 1. The van der Waals surface area contributed by atoms with E-state index in [1.807, 2.05) is 0 Å². The molecule has 1 heterocycles. The first-order valence-corrected chi connectivity index (χ1v) is 4.52. The first kappa shape index (κ1) is 5.32. The predicted molar refractivity (Wildman–Crippen MR) is 56.2 cm³/mol. The van der Waals surface area contributed by atoms with Crippen LogP contribution in [0.15, 0.2) is 0 Å². The first-order valence-electron chi connectivity index (χ1n) is 8.02. The molecule has 15 heavy (non-hydrogen) atoms. The maximum atomic E-state index is 11.9. The molecule has 1 unspecified atom stereocenters. The zero-order chi connectivity index (χ0) is 17.8. The van der Waals surface area contributed by atoms with Crippen LogP contribution < -0.4 is 5.32 Å². The molecule has 0 aromatic carbocycles. The van der Waals surface area contributed by atoms with Crippen LogP contribution in [0, 0.1) is 5.89 Å². The van der Waals surface area contributed by atoms with E-state index in [9.17, 15) is 9.59 Å². The lowest BCUT2D eigenvalue weighted by atomic mass is 9.94. The lowest BCUT2D eigenvalue weighted by Gasteiger charge is -2.24. The normalized spacial score (nSPS) is 43.9. The highest BCUT2D eigenvalue weighted by molar-refractivity contribution is 5.78. The Bertz CT molecular complexity index is 500. The summed E-state index contributed by atoms with van der Waals surface area (Å²) in [6, 6.07) is 0. The van der Waals surface area contributed by atoms with Crippen LogP contribution in [0.5, 0.6) is 0 Å². The summed E-state index contributed by atoms with van der Waals surface area (Å²) in [6.07, 6.45) is -7.37. The smallest absolute Gasteiger partial charge is 0.306 e. The maximum Gasteiger partial charge on any atom is 0.306 e. The molecule has 1 saturated heterocycles. The van der Waals surface area contributed by atoms with Crippen molar-refractivity contribution in [2.45, 2.75) is 45.5 Å². The Morgan fingerprint density at radius 1 is 1.73 bits per heavy atom. The van der Waals surface area contributed by atoms with Crippen LogP contribution in [0.25, 0.3) is 0 Å². The monoisotopic (exact) mass is 220 g/mol. The zero-order valence-electron chi connectivity index (χ0n) is 15.9. The SMILES string of the molecule is [2H]C1([2H])NC(=O)C([2H])([2H])C([2H])(CC(=O)OC(C)(C)C)C1([2H])[2H]. The minimum absolute atomic E-state index is 0.942. The number of piperidine rings is 1. The summed E-state index contributed by atoms with van der Waals surface area (Å²) in [5.41, 5.74) is -0.942. The summed E-state index contributed by atoms with van der Waals surface area (Å²) in [5, 5.41) is 1.59. The number of rotatable bonds is 2. The Kier molecular flexibility index (Phi) is 1.65. The van der Waals surface area contributed by atoms with E-state index in [-0.39, 0.29) is 0 Å². The van der Waals surface area contributed by atoms with E-state index in [2.05, 4.69) is 0 Å². The molecule has 1 N–H and O–H groups in total. The van der Waals surface area contributed by atoms with E-state index in [0.29, 0.717) is 0 Å². The van der Waals surface area contributed by atoms with Gasteiger partial charge in [-0.1, -0.05) is 0 Å². The number of esters is 1. The average Bonchev–Trinajstić information content (AvgIpc) is 2.22. The van der Waals surface area contributed by atoms with E-state index in [0.717, 1.165) is 0 Å². The van der Waals surface area contributed by atoms with Crippen LogP contribution >= 0.6 is 0 Å². The number of carbonyl (C=O) groups is 2. The fraction of sp³-hybridized carbons (Fsp3) is 0.818. The fourth-order valence-electron chi connectivity index (χ4n) is 0.973. The molecule has 1 atom stereocenters. The summed E-state index contributed by atoms with van der Waals surface area (Å²) in [5.74, 6) is -5.54. The summed E-state index contributed by atoms with van der Waals surface area (Å²) in [6.45, 7) is 1.62. The van der Waals surface area contributed by atoms with Gasteiger partial charge in [0, 0.05) is 28.9 Å². The van der Waals surface area contributed by atoms with Crippen molar-refractivity contribution in [3.05, 3.63) is 0 Å². The third-order valence-corrected chi connectivity index (χ3v) is 1.39. The molecular formula is C11H19NO3. The van der Waals surface area contributed by atoms with E-state index < -0.39 is 49.0 Å². The Morgan fingerprint density at radius 2 is 2.40 bits per heavy atom. The molecule has 1 amide bonds. The largest absolute Gasteiger partial charge is 0.460 e. The quantitative estimate of drug-likeness (QED) is 0.712. The van der Waals surface area contributed by atoms with E-state index in [4.69, 9.17) is 14.3 Å². The topological polar surface area (TPSA) is 55.4 Å². The number of nitrogens with one attached hydrogen (secondary N) is 1. The third kappa shape index (κ3) is 4.81. The highest BCUT2D eigenvalue weighted by Crippen LogP contribution is 2.19. The van der Waals surface area contributed by atoms with Crippen LogP contribution in [-0.4, -0.2) is 24.0 Å². The van der Waals surface area contributed by atoms with Gasteiger partial charge >= 0.3 is 5.97 Å². The van der Waals surface area contributed by atoms with Gasteiger partial charge in [0.1, 0.15) is 5.60 Å². The van der Waals surface area contributed by atoms with Gasteiger partial charge in [-0.3, -0.25) is 9.59 Å². The van der Waals surface area contributed by atoms with Crippen LogP contribution in [0.2, 0.25) is 0 Å². The molecule has 0 radical (unpaired) electrons. The molecule has 4 nitrogen and oxygen atoms in total. The van der Waals surface area contributed by atoms with Crippen molar-refractivity contribution in [3.8, 4) is 0 Å². The Balaban J connectivity index is 3.29. The number of hydrogen-bond acceptors (Lipinski definition) is 3. The molecule has 0 spiro atoms. The van der Waals surface area contributed by atoms with Crippen molar-refractivity contribution in [2.24, 2.45) is 5.89 Å². The average molecular weight is 220 g/mol. The summed E-state index contributed by atoms with van der Waals surface area (Å²) >= 11 is 0. The van der Waals surface area contributed by atoms with Gasteiger partial charge in [-0.2, -0.15) is 0 Å².